The average Bonchev–Trinajstić information content (AvgIpc) is 3.14. The molecular weight excluding hydrogens is 430 g/mol. The number of hydrogen-bond donors (Lipinski definition) is 2. The molecule has 0 fully saturated rings. The summed E-state index contributed by atoms with van der Waals surface area (Å²) in [7, 11) is 0. The monoisotopic (exact) mass is 459 g/mol. The van der Waals surface area contributed by atoms with Gasteiger partial charge in [0.25, 0.3) is 5.91 Å². The van der Waals surface area contributed by atoms with E-state index in [2.05, 4.69) is 53.6 Å². The van der Waals surface area contributed by atoms with Crippen molar-refractivity contribution in [2.45, 2.75) is 33.2 Å². The lowest BCUT2D eigenvalue weighted by atomic mass is 10.00. The highest BCUT2D eigenvalue weighted by Crippen LogP contribution is 2.38. The van der Waals surface area contributed by atoms with E-state index in [-0.39, 0.29) is 5.91 Å². The summed E-state index contributed by atoms with van der Waals surface area (Å²) in [5.74, 6) is -0.134. The second-order valence-corrected chi connectivity index (χ2v) is 8.79. The molecule has 3 aromatic rings. The molecule has 3 aromatic carbocycles. The van der Waals surface area contributed by atoms with E-state index in [4.69, 9.17) is 11.6 Å². The molecule has 4 nitrogen and oxygen atoms in total. The standard InChI is InChI=1S/C28H30ClN3O/c1-3-16-32(17-4-2)19-20-10-13-23(14-11-20)30-27(21-8-6-5-7-9-21)26-24-15-12-22(29)18-25(24)31-28(26)33/h5-15,18,30H,3-4,16-17,19H2,1-2H3,(H,31,33)/b27-26-. The average molecular weight is 460 g/mol. The van der Waals surface area contributed by atoms with Gasteiger partial charge >= 0.3 is 0 Å². The predicted octanol–water partition coefficient (Wildman–Crippen LogP) is 6.89. The van der Waals surface area contributed by atoms with E-state index < -0.39 is 0 Å². The summed E-state index contributed by atoms with van der Waals surface area (Å²) in [6, 6.07) is 24.0. The molecule has 0 aromatic heterocycles. The first-order valence-electron chi connectivity index (χ1n) is 11.6. The predicted molar refractivity (Wildman–Crippen MR) is 139 cm³/mol. The minimum atomic E-state index is -0.134. The normalized spacial score (nSPS) is 14.2. The Hall–Kier alpha value is -3.08. The second-order valence-electron chi connectivity index (χ2n) is 8.36. The third-order valence-corrected chi connectivity index (χ3v) is 5.98. The van der Waals surface area contributed by atoms with Gasteiger partial charge in [0.15, 0.2) is 0 Å². The van der Waals surface area contributed by atoms with Gasteiger partial charge in [0.05, 0.1) is 17.0 Å². The van der Waals surface area contributed by atoms with Gasteiger partial charge in [0.2, 0.25) is 0 Å². The van der Waals surface area contributed by atoms with Crippen molar-refractivity contribution < 1.29 is 4.79 Å². The van der Waals surface area contributed by atoms with Gasteiger partial charge in [-0.2, -0.15) is 0 Å². The zero-order valence-corrected chi connectivity index (χ0v) is 20.0. The quantitative estimate of drug-likeness (QED) is 0.342. The lowest BCUT2D eigenvalue weighted by Crippen LogP contribution is -2.24. The number of nitrogens with one attached hydrogen (secondary N) is 2. The van der Waals surface area contributed by atoms with Crippen molar-refractivity contribution in [2.75, 3.05) is 23.7 Å². The molecule has 4 rings (SSSR count). The van der Waals surface area contributed by atoms with Gasteiger partial charge in [0.1, 0.15) is 0 Å². The van der Waals surface area contributed by atoms with Crippen molar-refractivity contribution in [3.05, 3.63) is 94.5 Å². The molecule has 2 N–H and O–H groups in total. The van der Waals surface area contributed by atoms with Crippen LogP contribution < -0.4 is 10.6 Å². The third kappa shape index (κ3) is 5.47. The van der Waals surface area contributed by atoms with E-state index >= 15 is 0 Å². The van der Waals surface area contributed by atoms with Crippen molar-refractivity contribution in [3.63, 3.8) is 0 Å². The second kappa shape index (κ2) is 10.7. The fourth-order valence-corrected chi connectivity index (χ4v) is 4.45. The number of anilines is 2. The number of nitrogens with zero attached hydrogens (tertiary/aromatic N) is 1. The minimum Gasteiger partial charge on any atom is -0.354 e. The van der Waals surface area contributed by atoms with E-state index in [1.807, 2.05) is 42.5 Å². The largest absolute Gasteiger partial charge is 0.354 e. The number of carbonyl (C=O) groups excluding carboxylic acids is 1. The van der Waals surface area contributed by atoms with Crippen LogP contribution in [0.15, 0.2) is 72.8 Å². The van der Waals surface area contributed by atoms with Gasteiger partial charge in [-0.25, -0.2) is 0 Å². The van der Waals surface area contributed by atoms with Crippen LogP contribution in [-0.4, -0.2) is 23.9 Å². The molecule has 1 amide bonds. The number of halogens is 1. The highest BCUT2D eigenvalue weighted by molar-refractivity contribution is 6.38. The highest BCUT2D eigenvalue weighted by atomic mass is 35.5. The zero-order valence-electron chi connectivity index (χ0n) is 19.2. The Bertz CT molecular complexity index is 1130. The van der Waals surface area contributed by atoms with Crippen LogP contribution in [0.5, 0.6) is 0 Å². The van der Waals surface area contributed by atoms with Gasteiger partial charge < -0.3 is 10.6 Å². The molecule has 0 aliphatic carbocycles. The summed E-state index contributed by atoms with van der Waals surface area (Å²) in [6.45, 7) is 7.61. The van der Waals surface area contributed by atoms with Crippen LogP contribution in [0.25, 0.3) is 11.3 Å². The first-order valence-corrected chi connectivity index (χ1v) is 12.0. The van der Waals surface area contributed by atoms with E-state index in [0.29, 0.717) is 10.6 Å². The molecule has 0 bridgehead atoms. The zero-order chi connectivity index (χ0) is 23.2. The molecule has 33 heavy (non-hydrogen) atoms. The van der Waals surface area contributed by atoms with Crippen LogP contribution in [-0.2, 0) is 11.3 Å². The van der Waals surface area contributed by atoms with Crippen molar-refractivity contribution in [3.8, 4) is 0 Å². The molecule has 1 aliphatic rings. The smallest absolute Gasteiger partial charge is 0.258 e. The lowest BCUT2D eigenvalue weighted by Gasteiger charge is -2.21. The van der Waals surface area contributed by atoms with E-state index in [1.54, 1.807) is 6.07 Å². The van der Waals surface area contributed by atoms with E-state index in [1.165, 1.54) is 5.56 Å². The van der Waals surface area contributed by atoms with Crippen LogP contribution >= 0.6 is 11.6 Å². The Morgan fingerprint density at radius 3 is 2.30 bits per heavy atom. The molecule has 170 valence electrons. The van der Waals surface area contributed by atoms with Gasteiger partial charge in [-0.15, -0.1) is 0 Å². The van der Waals surface area contributed by atoms with Crippen LogP contribution in [0.3, 0.4) is 0 Å². The Morgan fingerprint density at radius 1 is 0.939 bits per heavy atom. The Labute approximate surface area is 201 Å². The summed E-state index contributed by atoms with van der Waals surface area (Å²) < 4.78 is 0. The fraction of sp³-hybridized carbons (Fsp3) is 0.250. The minimum absolute atomic E-state index is 0.134. The molecule has 0 atom stereocenters. The van der Waals surface area contributed by atoms with Crippen LogP contribution in [0.2, 0.25) is 5.02 Å². The first-order chi connectivity index (χ1) is 16.1. The van der Waals surface area contributed by atoms with Crippen molar-refractivity contribution in [1.29, 1.82) is 0 Å². The molecular formula is C28H30ClN3O. The number of rotatable bonds is 9. The maximum absolute atomic E-state index is 13.0. The van der Waals surface area contributed by atoms with Gasteiger partial charge in [0, 0.05) is 22.8 Å². The SMILES string of the molecule is CCCN(CCC)Cc1ccc(N/C(=C2\C(=O)Nc3cc(Cl)ccc32)c2ccccc2)cc1. The summed E-state index contributed by atoms with van der Waals surface area (Å²) >= 11 is 6.15. The molecule has 0 saturated heterocycles. The molecule has 0 saturated carbocycles. The molecule has 0 spiro atoms. The van der Waals surface area contributed by atoms with Crippen LogP contribution in [0.1, 0.15) is 43.4 Å². The van der Waals surface area contributed by atoms with Gasteiger partial charge in [-0.1, -0.05) is 74.0 Å². The number of carbonyl (C=O) groups is 1. The van der Waals surface area contributed by atoms with Crippen LogP contribution in [0.4, 0.5) is 11.4 Å². The summed E-state index contributed by atoms with van der Waals surface area (Å²) in [5, 5.41) is 7.08. The number of hydrogen-bond acceptors (Lipinski definition) is 3. The molecule has 1 aliphatic heterocycles. The first kappa shape index (κ1) is 23.1. The molecule has 0 radical (unpaired) electrons. The Kier molecular flexibility index (Phi) is 7.48. The third-order valence-electron chi connectivity index (χ3n) is 5.75. The summed E-state index contributed by atoms with van der Waals surface area (Å²) in [4.78, 5) is 15.5. The highest BCUT2D eigenvalue weighted by Gasteiger charge is 2.28. The Morgan fingerprint density at radius 2 is 1.64 bits per heavy atom. The van der Waals surface area contributed by atoms with Crippen LogP contribution in [0, 0.1) is 0 Å². The van der Waals surface area contributed by atoms with Crippen molar-refractivity contribution >= 4 is 40.2 Å². The lowest BCUT2D eigenvalue weighted by molar-refractivity contribution is -0.110. The Balaban J connectivity index is 1.66. The number of fused-ring (bicyclic) bond motifs is 1. The molecule has 1 heterocycles. The molecule has 0 unspecified atom stereocenters. The summed E-state index contributed by atoms with van der Waals surface area (Å²) in [5.41, 5.74) is 6.16. The van der Waals surface area contributed by atoms with Crippen molar-refractivity contribution in [1.82, 2.24) is 4.90 Å². The van der Waals surface area contributed by atoms with Gasteiger partial charge in [-0.3, -0.25) is 9.69 Å². The molecule has 5 heteroatoms. The van der Waals surface area contributed by atoms with Crippen molar-refractivity contribution in [2.24, 2.45) is 0 Å². The van der Waals surface area contributed by atoms with E-state index in [0.717, 1.165) is 60.7 Å². The summed E-state index contributed by atoms with van der Waals surface area (Å²) in [6.07, 6.45) is 2.31. The van der Waals surface area contributed by atoms with E-state index in [9.17, 15) is 4.79 Å². The fourth-order valence-electron chi connectivity index (χ4n) is 4.28. The number of benzene rings is 3. The topological polar surface area (TPSA) is 44.4 Å². The number of amides is 1. The maximum Gasteiger partial charge on any atom is 0.258 e. The maximum atomic E-state index is 13.0. The van der Waals surface area contributed by atoms with Gasteiger partial charge in [-0.05, 0) is 61.3 Å².